The van der Waals surface area contributed by atoms with E-state index in [1.54, 1.807) is 13.8 Å². The molecule has 4 nitrogen and oxygen atoms in total. The highest BCUT2D eigenvalue weighted by Crippen LogP contribution is 2.52. The van der Waals surface area contributed by atoms with E-state index < -0.39 is 7.82 Å². The predicted octanol–water partition coefficient (Wildman–Crippen LogP) is 3.50. The van der Waals surface area contributed by atoms with Gasteiger partial charge in [-0.15, -0.1) is 0 Å². The van der Waals surface area contributed by atoms with E-state index in [4.69, 9.17) is 13.6 Å². The fourth-order valence-corrected chi connectivity index (χ4v) is 2.73. The Morgan fingerprint density at radius 1 is 1.40 bits per heavy atom. The first-order valence-electron chi connectivity index (χ1n) is 5.39. The molecule has 15 heavy (non-hydrogen) atoms. The summed E-state index contributed by atoms with van der Waals surface area (Å²) in [5.41, 5.74) is 0. The Kier molecular flexibility index (Phi) is 4.84. The van der Waals surface area contributed by atoms with Crippen molar-refractivity contribution >= 4 is 7.82 Å². The summed E-state index contributed by atoms with van der Waals surface area (Å²) in [5.74, 6) is 1.21. The predicted molar refractivity (Wildman–Crippen MR) is 58.4 cm³/mol. The average molecular weight is 234 g/mol. The monoisotopic (exact) mass is 234 g/mol. The molecule has 1 aliphatic rings. The minimum Gasteiger partial charge on any atom is -0.409 e. The largest absolute Gasteiger partial charge is 0.529 e. The van der Waals surface area contributed by atoms with Crippen molar-refractivity contribution in [1.29, 1.82) is 0 Å². The highest BCUT2D eigenvalue weighted by molar-refractivity contribution is 7.48. The van der Waals surface area contributed by atoms with E-state index in [0.717, 1.165) is 18.6 Å². The maximum atomic E-state index is 12.0. The third-order valence-corrected chi connectivity index (χ3v) is 3.73. The Hall–Kier alpha value is -0.310. The molecule has 0 saturated heterocycles. The molecule has 1 aliphatic carbocycles. The van der Waals surface area contributed by atoms with Crippen molar-refractivity contribution in [3.05, 3.63) is 11.8 Å². The lowest BCUT2D eigenvalue weighted by Gasteiger charge is -2.17. The third-order valence-electron chi connectivity index (χ3n) is 2.12. The van der Waals surface area contributed by atoms with Crippen LogP contribution in [-0.4, -0.2) is 13.2 Å². The Balaban J connectivity index is 2.58. The van der Waals surface area contributed by atoms with Crippen molar-refractivity contribution in [2.45, 2.75) is 33.6 Å². The lowest BCUT2D eigenvalue weighted by Crippen LogP contribution is -1.99. The van der Waals surface area contributed by atoms with Crippen LogP contribution >= 0.6 is 7.82 Å². The molecule has 1 unspecified atom stereocenters. The lowest BCUT2D eigenvalue weighted by molar-refractivity contribution is 0.144. The van der Waals surface area contributed by atoms with E-state index in [1.165, 1.54) is 0 Å². The molecule has 0 bridgehead atoms. The molecule has 0 saturated carbocycles. The molecule has 0 amide bonds. The van der Waals surface area contributed by atoms with Crippen LogP contribution in [0, 0.1) is 5.92 Å². The van der Waals surface area contributed by atoms with Gasteiger partial charge in [0.25, 0.3) is 0 Å². The maximum Gasteiger partial charge on any atom is 0.529 e. The molecule has 0 heterocycles. The van der Waals surface area contributed by atoms with Crippen LogP contribution < -0.4 is 0 Å². The van der Waals surface area contributed by atoms with Crippen molar-refractivity contribution in [3.8, 4) is 0 Å². The number of hydrogen-bond acceptors (Lipinski definition) is 4. The summed E-state index contributed by atoms with van der Waals surface area (Å²) in [6.45, 7) is 6.27. The zero-order valence-corrected chi connectivity index (χ0v) is 10.5. The molecule has 0 N–H and O–H groups in total. The Labute approximate surface area is 91.2 Å². The molecular formula is C10H19O4P. The minimum absolute atomic E-state index is 0.320. The smallest absolute Gasteiger partial charge is 0.409 e. The van der Waals surface area contributed by atoms with Crippen molar-refractivity contribution in [2.75, 3.05) is 13.2 Å². The molecule has 0 aliphatic heterocycles. The summed E-state index contributed by atoms with van der Waals surface area (Å²) in [4.78, 5) is 0. The average Bonchev–Trinajstić information content (AvgIpc) is 2.51. The van der Waals surface area contributed by atoms with Gasteiger partial charge in [0, 0.05) is 6.42 Å². The van der Waals surface area contributed by atoms with Gasteiger partial charge < -0.3 is 4.52 Å². The van der Waals surface area contributed by atoms with E-state index in [1.807, 2.05) is 6.08 Å². The van der Waals surface area contributed by atoms with E-state index in [0.29, 0.717) is 19.1 Å². The topological polar surface area (TPSA) is 44.8 Å². The van der Waals surface area contributed by atoms with Crippen LogP contribution in [0.1, 0.15) is 33.6 Å². The lowest BCUT2D eigenvalue weighted by atomic mass is 10.2. The van der Waals surface area contributed by atoms with Crippen molar-refractivity contribution in [2.24, 2.45) is 5.92 Å². The van der Waals surface area contributed by atoms with Crippen LogP contribution in [0.4, 0.5) is 0 Å². The van der Waals surface area contributed by atoms with E-state index >= 15 is 0 Å². The summed E-state index contributed by atoms with van der Waals surface area (Å²) < 4.78 is 27.4. The van der Waals surface area contributed by atoms with Gasteiger partial charge >= 0.3 is 7.82 Å². The number of allylic oxidation sites excluding steroid dienone is 2. The van der Waals surface area contributed by atoms with Gasteiger partial charge in [-0.3, -0.25) is 9.05 Å². The highest BCUT2D eigenvalue weighted by Gasteiger charge is 2.29. The van der Waals surface area contributed by atoms with E-state index in [-0.39, 0.29) is 0 Å². The zero-order chi connectivity index (χ0) is 11.3. The van der Waals surface area contributed by atoms with Crippen molar-refractivity contribution in [3.63, 3.8) is 0 Å². The standard InChI is InChI=1S/C10H19O4P/c1-4-12-15(11,13-5-2)14-10-7-6-9(3)8-10/h8-9H,4-7H2,1-3H3. The van der Waals surface area contributed by atoms with Gasteiger partial charge in [0.1, 0.15) is 5.76 Å². The zero-order valence-electron chi connectivity index (χ0n) is 9.56. The second-order valence-corrected chi connectivity index (χ2v) is 5.12. The first-order valence-corrected chi connectivity index (χ1v) is 6.85. The minimum atomic E-state index is -3.36. The summed E-state index contributed by atoms with van der Waals surface area (Å²) in [5, 5.41) is 0. The SMILES string of the molecule is CCOP(=O)(OCC)OC1=CC(C)CC1. The van der Waals surface area contributed by atoms with E-state index in [9.17, 15) is 4.57 Å². The number of phosphoric ester groups is 1. The van der Waals surface area contributed by atoms with Gasteiger partial charge in [0.15, 0.2) is 0 Å². The van der Waals surface area contributed by atoms with Crippen LogP contribution in [0.3, 0.4) is 0 Å². The first-order chi connectivity index (χ1) is 7.09. The second kappa shape index (κ2) is 5.69. The Morgan fingerprint density at radius 3 is 2.40 bits per heavy atom. The Bertz CT molecular complexity index is 265. The highest BCUT2D eigenvalue weighted by atomic mass is 31.2. The number of hydrogen-bond donors (Lipinski definition) is 0. The van der Waals surface area contributed by atoms with Crippen molar-refractivity contribution < 1.29 is 18.1 Å². The Morgan fingerprint density at radius 2 is 2.00 bits per heavy atom. The van der Waals surface area contributed by atoms with Crippen LogP contribution in [-0.2, 0) is 18.1 Å². The van der Waals surface area contributed by atoms with Gasteiger partial charge in [-0.25, -0.2) is 4.57 Å². The van der Waals surface area contributed by atoms with Crippen LogP contribution in [0.5, 0.6) is 0 Å². The quantitative estimate of drug-likeness (QED) is 0.660. The van der Waals surface area contributed by atoms with Gasteiger partial charge in [-0.2, -0.15) is 0 Å². The number of phosphoric acid groups is 1. The fraction of sp³-hybridized carbons (Fsp3) is 0.800. The molecule has 0 aromatic heterocycles. The summed E-state index contributed by atoms with van der Waals surface area (Å²) in [7, 11) is -3.36. The van der Waals surface area contributed by atoms with Crippen LogP contribution in [0.2, 0.25) is 0 Å². The maximum absolute atomic E-state index is 12.0. The summed E-state index contributed by atoms with van der Waals surface area (Å²) in [6, 6.07) is 0. The van der Waals surface area contributed by atoms with Gasteiger partial charge in [0.05, 0.1) is 13.2 Å². The molecule has 88 valence electrons. The van der Waals surface area contributed by atoms with Crippen molar-refractivity contribution in [1.82, 2.24) is 0 Å². The molecule has 0 spiro atoms. The second-order valence-electron chi connectivity index (χ2n) is 3.52. The molecular weight excluding hydrogens is 215 g/mol. The first kappa shape index (κ1) is 12.8. The fourth-order valence-electron chi connectivity index (χ4n) is 1.48. The normalized spacial score (nSPS) is 21.5. The molecule has 0 aromatic rings. The van der Waals surface area contributed by atoms with Crippen LogP contribution in [0.25, 0.3) is 0 Å². The van der Waals surface area contributed by atoms with Crippen LogP contribution in [0.15, 0.2) is 11.8 Å². The molecule has 5 heteroatoms. The molecule has 0 aromatic carbocycles. The molecule has 0 radical (unpaired) electrons. The number of rotatable bonds is 6. The van der Waals surface area contributed by atoms with Gasteiger partial charge in [0.2, 0.25) is 0 Å². The summed E-state index contributed by atoms with van der Waals surface area (Å²) >= 11 is 0. The third kappa shape index (κ3) is 3.98. The van der Waals surface area contributed by atoms with E-state index in [2.05, 4.69) is 6.92 Å². The summed E-state index contributed by atoms with van der Waals surface area (Å²) in [6.07, 6.45) is 3.82. The molecule has 1 rings (SSSR count). The van der Waals surface area contributed by atoms with Gasteiger partial charge in [-0.05, 0) is 32.3 Å². The molecule has 0 fully saturated rings. The van der Waals surface area contributed by atoms with Gasteiger partial charge in [-0.1, -0.05) is 6.92 Å². The molecule has 1 atom stereocenters.